The van der Waals surface area contributed by atoms with Crippen LogP contribution in [0.2, 0.25) is 0 Å². The molecule has 0 saturated carbocycles. The summed E-state index contributed by atoms with van der Waals surface area (Å²) in [4.78, 5) is 4.55. The second kappa shape index (κ2) is 4.22. The van der Waals surface area contributed by atoms with E-state index in [0.29, 0.717) is 6.42 Å². The van der Waals surface area contributed by atoms with Gasteiger partial charge >= 0.3 is 0 Å². The van der Waals surface area contributed by atoms with Crippen molar-refractivity contribution in [3.63, 3.8) is 0 Å². The Morgan fingerprint density at radius 3 is 2.69 bits per heavy atom. The van der Waals surface area contributed by atoms with Crippen LogP contribution >= 0.6 is 0 Å². The molecule has 1 atom stereocenters. The molecule has 0 aliphatic rings. The van der Waals surface area contributed by atoms with E-state index in [-0.39, 0.29) is 0 Å². The van der Waals surface area contributed by atoms with Crippen LogP contribution in [0.1, 0.15) is 26.0 Å². The molecule has 0 radical (unpaired) electrons. The molecule has 2 rings (SSSR count). The summed E-state index contributed by atoms with van der Waals surface area (Å²) in [6.07, 6.45) is 1.34. The molecule has 2 nitrogen and oxygen atoms in total. The van der Waals surface area contributed by atoms with Gasteiger partial charge in [-0.15, -0.1) is 0 Å². The van der Waals surface area contributed by atoms with E-state index in [9.17, 15) is 5.11 Å². The van der Waals surface area contributed by atoms with Crippen molar-refractivity contribution in [3.8, 4) is 0 Å². The third-order valence-corrected chi connectivity index (χ3v) is 2.98. The van der Waals surface area contributed by atoms with E-state index in [1.54, 1.807) is 0 Å². The summed E-state index contributed by atoms with van der Waals surface area (Å²) in [5.41, 5.74) is 1.28. The van der Waals surface area contributed by atoms with Gasteiger partial charge < -0.3 is 5.11 Å². The summed E-state index contributed by atoms with van der Waals surface area (Å²) in [6.45, 7) is 3.84. The van der Waals surface area contributed by atoms with E-state index in [1.807, 2.05) is 44.2 Å². The second-order valence-corrected chi connectivity index (χ2v) is 4.52. The molecule has 0 spiro atoms. The number of benzene rings is 1. The van der Waals surface area contributed by atoms with Gasteiger partial charge in [-0.05, 0) is 25.5 Å². The number of hydrogen-bond acceptors (Lipinski definition) is 2. The van der Waals surface area contributed by atoms with E-state index in [2.05, 4.69) is 11.1 Å². The van der Waals surface area contributed by atoms with Gasteiger partial charge in [-0.3, -0.25) is 4.98 Å². The Balaban J connectivity index is 2.33. The predicted molar refractivity (Wildman–Crippen MR) is 66.4 cm³/mol. The van der Waals surface area contributed by atoms with Crippen LogP contribution < -0.4 is 0 Å². The minimum Gasteiger partial charge on any atom is -0.390 e. The van der Waals surface area contributed by atoms with Crippen LogP contribution in [-0.2, 0) is 6.42 Å². The molecule has 84 valence electrons. The molecule has 2 heteroatoms. The van der Waals surface area contributed by atoms with Crippen LogP contribution in [0.15, 0.2) is 36.4 Å². The zero-order chi connectivity index (χ0) is 11.6. The summed E-state index contributed by atoms with van der Waals surface area (Å²) in [5, 5.41) is 11.1. The first-order valence-corrected chi connectivity index (χ1v) is 5.68. The van der Waals surface area contributed by atoms with E-state index >= 15 is 0 Å². The van der Waals surface area contributed by atoms with Crippen molar-refractivity contribution in [2.45, 2.75) is 32.3 Å². The van der Waals surface area contributed by atoms with E-state index in [1.165, 1.54) is 0 Å². The summed E-state index contributed by atoms with van der Waals surface area (Å²) in [6, 6.07) is 12.1. The Hall–Kier alpha value is -1.41. The Labute approximate surface area is 96.0 Å². The fourth-order valence-electron chi connectivity index (χ4n) is 1.72. The van der Waals surface area contributed by atoms with Crippen LogP contribution in [0, 0.1) is 0 Å². The highest BCUT2D eigenvalue weighted by Gasteiger charge is 2.18. The Morgan fingerprint density at radius 1 is 1.19 bits per heavy atom. The van der Waals surface area contributed by atoms with Gasteiger partial charge in [0.05, 0.1) is 11.1 Å². The molecule has 0 amide bonds. The lowest BCUT2D eigenvalue weighted by atomic mass is 9.96. The van der Waals surface area contributed by atoms with Crippen molar-refractivity contribution >= 4 is 10.9 Å². The lowest BCUT2D eigenvalue weighted by molar-refractivity contribution is 0.0555. The molecule has 2 aromatic rings. The van der Waals surface area contributed by atoms with E-state index < -0.39 is 5.60 Å². The second-order valence-electron chi connectivity index (χ2n) is 4.52. The number of nitrogens with zero attached hydrogens (tertiary/aromatic N) is 1. The maximum absolute atomic E-state index is 10.0. The number of fused-ring (bicyclic) bond motifs is 1. The lowest BCUT2D eigenvalue weighted by Gasteiger charge is -2.20. The first-order chi connectivity index (χ1) is 7.61. The first kappa shape index (κ1) is 11.1. The number of pyridine rings is 1. The van der Waals surface area contributed by atoms with Crippen LogP contribution in [-0.4, -0.2) is 15.7 Å². The monoisotopic (exact) mass is 215 g/mol. The Morgan fingerprint density at radius 2 is 1.94 bits per heavy atom. The van der Waals surface area contributed by atoms with Gasteiger partial charge in [-0.1, -0.05) is 31.2 Å². The van der Waals surface area contributed by atoms with Gasteiger partial charge in [0.2, 0.25) is 0 Å². The fourth-order valence-corrected chi connectivity index (χ4v) is 1.72. The molecule has 0 bridgehead atoms. The Bertz CT molecular complexity index is 491. The van der Waals surface area contributed by atoms with Crippen molar-refractivity contribution in [2.24, 2.45) is 0 Å². The minimum absolute atomic E-state index is 0.605. The highest BCUT2D eigenvalue weighted by Crippen LogP contribution is 2.18. The highest BCUT2D eigenvalue weighted by molar-refractivity contribution is 5.78. The maximum atomic E-state index is 10.0. The molecule has 0 fully saturated rings. The summed E-state index contributed by atoms with van der Waals surface area (Å²) >= 11 is 0. The van der Waals surface area contributed by atoms with Gasteiger partial charge in [0, 0.05) is 17.5 Å². The average Bonchev–Trinajstić information content (AvgIpc) is 2.28. The Kier molecular flexibility index (Phi) is 2.92. The molecular formula is C14H17NO. The lowest BCUT2D eigenvalue weighted by Crippen LogP contribution is -2.26. The van der Waals surface area contributed by atoms with E-state index in [4.69, 9.17) is 0 Å². The minimum atomic E-state index is -0.657. The molecule has 1 aromatic carbocycles. The molecule has 1 heterocycles. The standard InChI is InChI=1S/C14H17NO/c1-3-14(2,16)10-12-9-8-11-6-4-5-7-13(11)15-12/h4-9,16H,3,10H2,1-2H3. The maximum Gasteiger partial charge on any atom is 0.0705 e. The third kappa shape index (κ3) is 2.39. The molecule has 0 aliphatic heterocycles. The predicted octanol–water partition coefficient (Wildman–Crippen LogP) is 2.94. The topological polar surface area (TPSA) is 33.1 Å². The number of para-hydroxylation sites is 1. The molecule has 16 heavy (non-hydrogen) atoms. The number of aliphatic hydroxyl groups is 1. The van der Waals surface area contributed by atoms with Gasteiger partial charge in [0.25, 0.3) is 0 Å². The van der Waals surface area contributed by atoms with Crippen molar-refractivity contribution in [1.82, 2.24) is 4.98 Å². The largest absolute Gasteiger partial charge is 0.390 e. The zero-order valence-electron chi connectivity index (χ0n) is 9.77. The summed E-state index contributed by atoms with van der Waals surface area (Å²) < 4.78 is 0. The number of aromatic nitrogens is 1. The molecule has 0 aliphatic carbocycles. The smallest absolute Gasteiger partial charge is 0.0705 e. The zero-order valence-corrected chi connectivity index (χ0v) is 9.77. The SMILES string of the molecule is CCC(C)(O)Cc1ccc2ccccc2n1. The first-order valence-electron chi connectivity index (χ1n) is 5.68. The normalized spacial score (nSPS) is 14.9. The van der Waals surface area contributed by atoms with Gasteiger partial charge in [-0.2, -0.15) is 0 Å². The van der Waals surface area contributed by atoms with Crippen molar-refractivity contribution < 1.29 is 5.11 Å². The van der Waals surface area contributed by atoms with Crippen LogP contribution in [0.3, 0.4) is 0 Å². The summed E-state index contributed by atoms with van der Waals surface area (Å²) in [5.74, 6) is 0. The van der Waals surface area contributed by atoms with Crippen LogP contribution in [0.25, 0.3) is 10.9 Å². The van der Waals surface area contributed by atoms with Crippen molar-refractivity contribution in [3.05, 3.63) is 42.1 Å². The van der Waals surface area contributed by atoms with Crippen LogP contribution in [0.5, 0.6) is 0 Å². The van der Waals surface area contributed by atoms with Gasteiger partial charge in [0.15, 0.2) is 0 Å². The fraction of sp³-hybridized carbons (Fsp3) is 0.357. The summed E-state index contributed by atoms with van der Waals surface area (Å²) in [7, 11) is 0. The number of rotatable bonds is 3. The molecule has 1 N–H and O–H groups in total. The average molecular weight is 215 g/mol. The van der Waals surface area contributed by atoms with Crippen LogP contribution in [0.4, 0.5) is 0 Å². The van der Waals surface area contributed by atoms with Crippen molar-refractivity contribution in [1.29, 1.82) is 0 Å². The van der Waals surface area contributed by atoms with E-state index in [0.717, 1.165) is 23.0 Å². The highest BCUT2D eigenvalue weighted by atomic mass is 16.3. The quantitative estimate of drug-likeness (QED) is 0.854. The molecular weight excluding hydrogens is 198 g/mol. The van der Waals surface area contributed by atoms with Gasteiger partial charge in [0.1, 0.15) is 0 Å². The molecule has 0 saturated heterocycles. The molecule has 1 aromatic heterocycles. The van der Waals surface area contributed by atoms with Crippen molar-refractivity contribution in [2.75, 3.05) is 0 Å². The molecule has 1 unspecified atom stereocenters. The third-order valence-electron chi connectivity index (χ3n) is 2.98. The van der Waals surface area contributed by atoms with Gasteiger partial charge in [-0.25, -0.2) is 0 Å². The number of hydrogen-bond donors (Lipinski definition) is 1.